The van der Waals surface area contributed by atoms with E-state index in [1.165, 1.54) is 12.1 Å². The monoisotopic (exact) mass is 323 g/mol. The second kappa shape index (κ2) is 5.80. The molecule has 0 amide bonds. The van der Waals surface area contributed by atoms with Gasteiger partial charge in [-0.3, -0.25) is 0 Å². The zero-order valence-electron chi connectivity index (χ0n) is 11.4. The number of aromatic nitrogens is 1. The van der Waals surface area contributed by atoms with Gasteiger partial charge in [0.15, 0.2) is 0 Å². The molecule has 5 nitrogen and oxygen atoms in total. The fraction of sp³-hybridized carbons (Fsp3) is 0.583. The van der Waals surface area contributed by atoms with Crippen LogP contribution in [0.25, 0.3) is 0 Å². The van der Waals surface area contributed by atoms with Crippen molar-refractivity contribution in [3.05, 3.63) is 18.3 Å². The summed E-state index contributed by atoms with van der Waals surface area (Å²) in [5.41, 5.74) is 0. The van der Waals surface area contributed by atoms with Gasteiger partial charge in [0.25, 0.3) is 0 Å². The van der Waals surface area contributed by atoms with Crippen molar-refractivity contribution < 1.29 is 21.6 Å². The zero-order chi connectivity index (χ0) is 15.7. The van der Waals surface area contributed by atoms with E-state index >= 15 is 0 Å². The predicted octanol–water partition coefficient (Wildman–Crippen LogP) is 2.23. The number of rotatable bonds is 6. The minimum absolute atomic E-state index is 0.222. The molecule has 1 heterocycles. The molecule has 118 valence electrons. The van der Waals surface area contributed by atoms with E-state index in [9.17, 15) is 21.6 Å². The first-order valence-electron chi connectivity index (χ1n) is 6.52. The van der Waals surface area contributed by atoms with E-state index in [1.807, 2.05) is 6.92 Å². The maximum atomic E-state index is 12.6. The van der Waals surface area contributed by atoms with Gasteiger partial charge >= 0.3 is 6.18 Å². The number of hydrogen-bond acceptors (Lipinski definition) is 4. The van der Waals surface area contributed by atoms with Gasteiger partial charge in [-0.15, -0.1) is 0 Å². The quantitative estimate of drug-likeness (QED) is 0.872. The van der Waals surface area contributed by atoms with Crippen LogP contribution in [0.5, 0.6) is 0 Å². The topological polar surface area (TPSA) is 62.3 Å². The molecule has 1 aliphatic rings. The summed E-state index contributed by atoms with van der Waals surface area (Å²) in [6.07, 6.45) is -2.57. The fourth-order valence-electron chi connectivity index (χ4n) is 1.90. The van der Waals surface area contributed by atoms with Crippen LogP contribution >= 0.6 is 0 Å². The van der Waals surface area contributed by atoms with Crippen molar-refractivity contribution in [2.45, 2.75) is 36.9 Å². The molecule has 1 aromatic heterocycles. The van der Waals surface area contributed by atoms with E-state index in [2.05, 4.69) is 10.3 Å². The Bertz CT molecular complexity index is 583. The minimum atomic E-state index is -4.56. The number of halogens is 3. The van der Waals surface area contributed by atoms with Crippen LogP contribution in [0.15, 0.2) is 23.2 Å². The van der Waals surface area contributed by atoms with E-state index in [-0.39, 0.29) is 4.90 Å². The Morgan fingerprint density at radius 1 is 1.38 bits per heavy atom. The lowest BCUT2D eigenvalue weighted by Crippen LogP contribution is -2.40. The lowest BCUT2D eigenvalue weighted by molar-refractivity contribution is -0.137. The number of nitrogens with one attached hydrogen (secondary N) is 1. The highest BCUT2D eigenvalue weighted by Gasteiger charge is 2.44. The molecular weight excluding hydrogens is 307 g/mol. The van der Waals surface area contributed by atoms with E-state index in [0.29, 0.717) is 29.5 Å². The molecule has 0 unspecified atom stereocenters. The third-order valence-corrected chi connectivity index (χ3v) is 4.87. The lowest BCUT2D eigenvalue weighted by atomic mass is 10.4. The summed E-state index contributed by atoms with van der Waals surface area (Å²) in [5, 5.41) is 2.89. The van der Waals surface area contributed by atoms with Crippen molar-refractivity contribution in [2.24, 2.45) is 0 Å². The van der Waals surface area contributed by atoms with Crippen molar-refractivity contribution in [3.63, 3.8) is 0 Å². The predicted molar refractivity (Wildman–Crippen MR) is 71.4 cm³/mol. The Kier molecular flexibility index (Phi) is 4.43. The molecule has 1 aliphatic carbocycles. The Hall–Kier alpha value is -1.35. The largest absolute Gasteiger partial charge is 0.402 e. The lowest BCUT2D eigenvalue weighted by Gasteiger charge is -2.23. The molecule has 1 fully saturated rings. The second-order valence-electron chi connectivity index (χ2n) is 4.81. The highest BCUT2D eigenvalue weighted by atomic mass is 32.2. The molecule has 1 N–H and O–H groups in total. The van der Waals surface area contributed by atoms with Crippen molar-refractivity contribution in [1.82, 2.24) is 9.29 Å². The summed E-state index contributed by atoms with van der Waals surface area (Å²) in [7, 11) is -4.18. The number of nitrogens with zero attached hydrogens (tertiary/aromatic N) is 2. The van der Waals surface area contributed by atoms with Gasteiger partial charge in [-0.25, -0.2) is 13.4 Å². The van der Waals surface area contributed by atoms with E-state index < -0.39 is 28.8 Å². The summed E-state index contributed by atoms with van der Waals surface area (Å²) in [4.78, 5) is 3.67. The van der Waals surface area contributed by atoms with Crippen molar-refractivity contribution in [2.75, 3.05) is 18.4 Å². The standard InChI is InChI=1S/C12H16F3N3O2S/c1-2-16-11-6-5-10(7-17-11)21(19,20)18(9-3-4-9)8-12(13,14)15/h5-7,9H,2-4,8H2,1H3,(H,16,17). The number of anilines is 1. The number of pyridine rings is 1. The van der Waals surface area contributed by atoms with Gasteiger partial charge < -0.3 is 5.32 Å². The number of hydrogen-bond donors (Lipinski definition) is 1. The van der Waals surface area contributed by atoms with Gasteiger partial charge in [0.1, 0.15) is 17.3 Å². The summed E-state index contributed by atoms with van der Waals surface area (Å²) >= 11 is 0. The third-order valence-electron chi connectivity index (χ3n) is 2.99. The Morgan fingerprint density at radius 3 is 2.48 bits per heavy atom. The molecule has 1 aromatic rings. The van der Waals surface area contributed by atoms with Gasteiger partial charge in [0, 0.05) is 18.8 Å². The normalized spacial score (nSPS) is 16.2. The molecule has 0 aromatic carbocycles. The van der Waals surface area contributed by atoms with Crippen molar-refractivity contribution >= 4 is 15.8 Å². The highest BCUT2D eigenvalue weighted by molar-refractivity contribution is 7.89. The van der Waals surface area contributed by atoms with Crippen LogP contribution in [0.1, 0.15) is 19.8 Å². The molecule has 0 bridgehead atoms. The third kappa shape index (κ3) is 4.07. The first kappa shape index (κ1) is 16.0. The number of alkyl halides is 3. The van der Waals surface area contributed by atoms with Gasteiger partial charge in [-0.05, 0) is 31.9 Å². The van der Waals surface area contributed by atoms with Crippen LogP contribution < -0.4 is 5.32 Å². The molecule has 0 atom stereocenters. The average Bonchev–Trinajstić information content (AvgIpc) is 3.20. The molecule has 0 saturated heterocycles. The molecule has 9 heteroatoms. The fourth-order valence-corrected chi connectivity index (χ4v) is 3.52. The number of sulfonamides is 1. The zero-order valence-corrected chi connectivity index (χ0v) is 12.2. The summed E-state index contributed by atoms with van der Waals surface area (Å²) in [6, 6.07) is 2.14. The van der Waals surface area contributed by atoms with Crippen LogP contribution in [0.3, 0.4) is 0 Å². The summed E-state index contributed by atoms with van der Waals surface area (Å²) < 4.78 is 62.9. The molecule has 0 spiro atoms. The first-order chi connectivity index (χ1) is 9.74. The van der Waals surface area contributed by atoms with E-state index in [4.69, 9.17) is 0 Å². The Balaban J connectivity index is 2.25. The molecule has 2 rings (SSSR count). The summed E-state index contributed by atoms with van der Waals surface area (Å²) in [6.45, 7) is 1.00. The smallest absolute Gasteiger partial charge is 0.370 e. The Labute approximate surface area is 121 Å². The maximum absolute atomic E-state index is 12.6. The molecule has 0 radical (unpaired) electrons. The molecule has 1 saturated carbocycles. The molecular formula is C12H16F3N3O2S. The SMILES string of the molecule is CCNc1ccc(S(=O)(=O)N(CC(F)(F)F)C2CC2)cn1. The van der Waals surface area contributed by atoms with E-state index in [1.54, 1.807) is 0 Å². The molecule has 21 heavy (non-hydrogen) atoms. The summed E-state index contributed by atoms with van der Waals surface area (Å²) in [5.74, 6) is 0.477. The van der Waals surface area contributed by atoms with Gasteiger partial charge in [0.2, 0.25) is 10.0 Å². The maximum Gasteiger partial charge on any atom is 0.402 e. The van der Waals surface area contributed by atoms with Crippen LogP contribution in [-0.2, 0) is 10.0 Å². The van der Waals surface area contributed by atoms with Crippen LogP contribution in [0.4, 0.5) is 19.0 Å². The average molecular weight is 323 g/mol. The van der Waals surface area contributed by atoms with Crippen molar-refractivity contribution in [1.29, 1.82) is 0 Å². The molecule has 0 aliphatic heterocycles. The van der Waals surface area contributed by atoms with Gasteiger partial charge in [-0.2, -0.15) is 17.5 Å². The van der Waals surface area contributed by atoms with Gasteiger partial charge in [-0.1, -0.05) is 0 Å². The van der Waals surface area contributed by atoms with Gasteiger partial charge in [0.05, 0.1) is 0 Å². The first-order valence-corrected chi connectivity index (χ1v) is 7.96. The van der Waals surface area contributed by atoms with Crippen molar-refractivity contribution in [3.8, 4) is 0 Å². The minimum Gasteiger partial charge on any atom is -0.370 e. The van der Waals surface area contributed by atoms with Crippen LogP contribution in [0.2, 0.25) is 0 Å². The highest BCUT2D eigenvalue weighted by Crippen LogP contribution is 2.34. The van der Waals surface area contributed by atoms with Crippen LogP contribution in [0, 0.1) is 0 Å². The Morgan fingerprint density at radius 2 is 2.05 bits per heavy atom. The van der Waals surface area contributed by atoms with E-state index in [0.717, 1.165) is 6.20 Å². The van der Waals surface area contributed by atoms with Crippen LogP contribution in [-0.4, -0.2) is 43.0 Å². The second-order valence-corrected chi connectivity index (χ2v) is 6.70.